The van der Waals surface area contributed by atoms with Crippen molar-refractivity contribution in [3.05, 3.63) is 70.0 Å². The quantitative estimate of drug-likeness (QED) is 0.272. The molecule has 1 aliphatic heterocycles. The van der Waals surface area contributed by atoms with Crippen LogP contribution in [-0.4, -0.2) is 55.7 Å². The standard InChI is InChI=1S/C27H32F7N3O2.ClH/c1-16-11-21(28)5-6-23(16)24-15-22(35-8-10-39-4)7-9-37(24)25(38)36(3)17(2)18-12-19(26(29,30)31)14-20(13-18)27(32,33)34;/h5-6,11-14,17,22,24,35H,7-10,15H2,1-4H3;1H/t17-,22+,24-;/m1./s1. The fourth-order valence-electron chi connectivity index (χ4n) is 4.86. The average molecular weight is 600 g/mol. The summed E-state index contributed by atoms with van der Waals surface area (Å²) >= 11 is 0. The van der Waals surface area contributed by atoms with E-state index in [4.69, 9.17) is 4.74 Å². The van der Waals surface area contributed by atoms with Crippen LogP contribution in [0.3, 0.4) is 0 Å². The summed E-state index contributed by atoms with van der Waals surface area (Å²) in [6.45, 7) is 4.44. The first-order valence-corrected chi connectivity index (χ1v) is 12.4. The predicted octanol–water partition coefficient (Wildman–Crippen LogP) is 7.15. The second-order valence-corrected chi connectivity index (χ2v) is 9.79. The van der Waals surface area contributed by atoms with Gasteiger partial charge in [-0.2, -0.15) is 26.3 Å². The number of rotatable bonds is 7. The highest BCUT2D eigenvalue weighted by molar-refractivity contribution is 5.85. The van der Waals surface area contributed by atoms with Crippen molar-refractivity contribution in [1.29, 1.82) is 0 Å². The zero-order valence-electron chi connectivity index (χ0n) is 22.5. The van der Waals surface area contributed by atoms with Gasteiger partial charge in [0.15, 0.2) is 0 Å². The minimum atomic E-state index is -5.00. The Morgan fingerprint density at radius 2 is 1.70 bits per heavy atom. The Bertz CT molecular complexity index is 1130. The van der Waals surface area contributed by atoms with Gasteiger partial charge in [0.2, 0.25) is 0 Å². The van der Waals surface area contributed by atoms with Crippen molar-refractivity contribution in [3.8, 4) is 0 Å². The number of urea groups is 1. The van der Waals surface area contributed by atoms with Crippen LogP contribution >= 0.6 is 12.4 Å². The number of halogens is 8. The molecular weight excluding hydrogens is 567 g/mol. The maximum Gasteiger partial charge on any atom is 0.416 e. The molecule has 1 aliphatic rings. The molecule has 2 amide bonds. The number of amides is 2. The van der Waals surface area contributed by atoms with Crippen LogP contribution in [0.25, 0.3) is 0 Å². The summed E-state index contributed by atoms with van der Waals surface area (Å²) in [6.07, 6.45) is -8.95. The summed E-state index contributed by atoms with van der Waals surface area (Å²) in [5.74, 6) is -0.435. The molecule has 0 spiro atoms. The largest absolute Gasteiger partial charge is 0.416 e. The fraction of sp³-hybridized carbons (Fsp3) is 0.519. The van der Waals surface area contributed by atoms with Crippen LogP contribution in [0.5, 0.6) is 0 Å². The summed E-state index contributed by atoms with van der Waals surface area (Å²) in [5, 5.41) is 3.37. The molecule has 1 saturated heterocycles. The van der Waals surface area contributed by atoms with Crippen molar-refractivity contribution < 1.29 is 40.3 Å². The molecule has 3 rings (SSSR count). The highest BCUT2D eigenvalue weighted by atomic mass is 35.5. The minimum Gasteiger partial charge on any atom is -0.383 e. The summed E-state index contributed by atoms with van der Waals surface area (Å²) < 4.78 is 99.3. The van der Waals surface area contributed by atoms with Crippen LogP contribution in [0, 0.1) is 12.7 Å². The van der Waals surface area contributed by atoms with Gasteiger partial charge in [0.25, 0.3) is 0 Å². The lowest BCUT2D eigenvalue weighted by atomic mass is 9.89. The van der Waals surface area contributed by atoms with E-state index in [0.29, 0.717) is 49.3 Å². The first-order valence-electron chi connectivity index (χ1n) is 12.4. The number of piperidine rings is 1. The molecule has 0 radical (unpaired) electrons. The Morgan fingerprint density at radius 1 is 1.10 bits per heavy atom. The zero-order chi connectivity index (χ0) is 29.1. The summed E-state index contributed by atoms with van der Waals surface area (Å²) in [6, 6.07) is 3.44. The number of hydrogen-bond donors (Lipinski definition) is 1. The van der Waals surface area contributed by atoms with Crippen molar-refractivity contribution in [1.82, 2.24) is 15.1 Å². The predicted molar refractivity (Wildman–Crippen MR) is 139 cm³/mol. The van der Waals surface area contributed by atoms with Gasteiger partial charge in [0, 0.05) is 33.3 Å². The van der Waals surface area contributed by atoms with Crippen LogP contribution in [0.15, 0.2) is 36.4 Å². The summed E-state index contributed by atoms with van der Waals surface area (Å²) in [5.41, 5.74) is -1.84. The molecule has 40 heavy (non-hydrogen) atoms. The molecule has 0 bridgehead atoms. The SMILES string of the molecule is COCCN[C@H]1CCN(C(=O)N(C)[C@H](C)c2cc(C(F)(F)F)cc(C(F)(F)F)c2)[C@@H](c2ccc(F)cc2C)C1.Cl. The molecule has 13 heteroatoms. The molecule has 0 aliphatic carbocycles. The van der Waals surface area contributed by atoms with Gasteiger partial charge in [-0.3, -0.25) is 0 Å². The maximum absolute atomic E-state index is 13.8. The van der Waals surface area contributed by atoms with E-state index >= 15 is 0 Å². The third-order valence-electron chi connectivity index (χ3n) is 7.15. The van der Waals surface area contributed by atoms with Gasteiger partial charge in [-0.1, -0.05) is 6.07 Å². The van der Waals surface area contributed by atoms with E-state index < -0.39 is 47.4 Å². The first kappa shape index (κ1) is 33.6. The van der Waals surface area contributed by atoms with Gasteiger partial charge in [-0.15, -0.1) is 12.4 Å². The Hall–Kier alpha value is -2.57. The highest BCUT2D eigenvalue weighted by Crippen LogP contribution is 2.39. The van der Waals surface area contributed by atoms with Crippen LogP contribution in [0.1, 0.15) is 59.7 Å². The number of ether oxygens (including phenoxy) is 1. The molecule has 1 heterocycles. The van der Waals surface area contributed by atoms with Crippen LogP contribution in [0.2, 0.25) is 0 Å². The molecular formula is C27H33ClF7N3O2. The van der Waals surface area contributed by atoms with Crippen molar-refractivity contribution in [2.75, 3.05) is 33.9 Å². The van der Waals surface area contributed by atoms with Gasteiger partial charge in [-0.05, 0) is 73.7 Å². The Kier molecular flexibility index (Phi) is 11.3. The number of likely N-dealkylation sites (tertiary alicyclic amines) is 1. The summed E-state index contributed by atoms with van der Waals surface area (Å²) in [4.78, 5) is 16.4. The number of methoxy groups -OCH3 is 1. The fourth-order valence-corrected chi connectivity index (χ4v) is 4.86. The average Bonchev–Trinajstić information content (AvgIpc) is 2.86. The molecule has 3 atom stereocenters. The van der Waals surface area contributed by atoms with Crippen LogP contribution < -0.4 is 5.32 Å². The molecule has 2 aromatic rings. The third kappa shape index (κ3) is 8.01. The van der Waals surface area contributed by atoms with Gasteiger partial charge in [0.1, 0.15) is 5.82 Å². The van der Waals surface area contributed by atoms with Gasteiger partial charge in [0.05, 0.1) is 29.8 Å². The number of alkyl halides is 6. The molecule has 2 aromatic carbocycles. The molecule has 0 saturated carbocycles. The zero-order valence-corrected chi connectivity index (χ0v) is 23.3. The van der Waals surface area contributed by atoms with E-state index in [0.717, 1.165) is 4.90 Å². The lowest BCUT2D eigenvalue weighted by Gasteiger charge is -2.43. The van der Waals surface area contributed by atoms with Crippen molar-refractivity contribution in [2.45, 2.75) is 57.2 Å². The highest BCUT2D eigenvalue weighted by Gasteiger charge is 2.39. The topological polar surface area (TPSA) is 44.8 Å². The van der Waals surface area contributed by atoms with E-state index in [-0.39, 0.29) is 36.6 Å². The number of aryl methyl sites for hydroxylation is 1. The van der Waals surface area contributed by atoms with E-state index in [2.05, 4.69) is 5.32 Å². The smallest absolute Gasteiger partial charge is 0.383 e. The van der Waals surface area contributed by atoms with Crippen molar-refractivity contribution in [3.63, 3.8) is 0 Å². The Labute approximate surface area is 235 Å². The van der Waals surface area contributed by atoms with Gasteiger partial charge >= 0.3 is 18.4 Å². The van der Waals surface area contributed by atoms with Crippen molar-refractivity contribution >= 4 is 18.4 Å². The molecule has 0 aromatic heterocycles. The monoisotopic (exact) mass is 599 g/mol. The van der Waals surface area contributed by atoms with Gasteiger partial charge < -0.3 is 19.9 Å². The molecule has 5 nitrogen and oxygen atoms in total. The number of carbonyl (C=O) groups is 1. The van der Waals surface area contributed by atoms with E-state index in [1.54, 1.807) is 25.0 Å². The van der Waals surface area contributed by atoms with Crippen LogP contribution in [-0.2, 0) is 17.1 Å². The lowest BCUT2D eigenvalue weighted by molar-refractivity contribution is -0.143. The molecule has 1 N–H and O–H groups in total. The molecule has 0 unspecified atom stereocenters. The Balaban J connectivity index is 0.00000560. The second kappa shape index (κ2) is 13.4. The second-order valence-electron chi connectivity index (χ2n) is 9.79. The maximum atomic E-state index is 13.8. The van der Waals surface area contributed by atoms with Gasteiger partial charge in [-0.25, -0.2) is 9.18 Å². The van der Waals surface area contributed by atoms with E-state index in [1.165, 1.54) is 26.1 Å². The first-order chi connectivity index (χ1) is 18.1. The number of nitrogens with zero attached hydrogens (tertiary/aromatic N) is 2. The minimum absolute atomic E-state index is 0. The number of carbonyl (C=O) groups excluding carboxylic acids is 1. The number of nitrogens with one attached hydrogen (secondary N) is 1. The van der Waals surface area contributed by atoms with Crippen LogP contribution in [0.4, 0.5) is 35.5 Å². The summed E-state index contributed by atoms with van der Waals surface area (Å²) in [7, 11) is 2.92. The van der Waals surface area contributed by atoms with E-state index in [9.17, 15) is 35.5 Å². The number of hydrogen-bond acceptors (Lipinski definition) is 3. The van der Waals surface area contributed by atoms with E-state index in [1.807, 2.05) is 0 Å². The van der Waals surface area contributed by atoms with Crippen molar-refractivity contribution in [2.24, 2.45) is 0 Å². The normalized spacial score (nSPS) is 18.7. The molecule has 224 valence electrons. The third-order valence-corrected chi connectivity index (χ3v) is 7.15. The Morgan fingerprint density at radius 3 is 2.23 bits per heavy atom. The lowest BCUT2D eigenvalue weighted by Crippen LogP contribution is -2.51. The molecule has 1 fully saturated rings. The number of benzene rings is 2.